The first-order valence-electron chi connectivity index (χ1n) is 9.02. The van der Waals surface area contributed by atoms with Crippen molar-refractivity contribution in [1.82, 2.24) is 14.7 Å². The molecule has 2 bridgehead atoms. The highest BCUT2D eigenvalue weighted by Gasteiger charge is 2.37. The van der Waals surface area contributed by atoms with E-state index in [4.69, 9.17) is 5.10 Å². The van der Waals surface area contributed by atoms with E-state index in [2.05, 4.69) is 52.3 Å². The van der Waals surface area contributed by atoms with Crippen LogP contribution in [0.1, 0.15) is 38.1 Å². The van der Waals surface area contributed by atoms with Crippen LogP contribution in [0.3, 0.4) is 0 Å². The van der Waals surface area contributed by atoms with Crippen molar-refractivity contribution in [3.63, 3.8) is 0 Å². The Balaban J connectivity index is 1.54. The summed E-state index contributed by atoms with van der Waals surface area (Å²) in [6, 6.07) is 13.1. The Bertz CT molecular complexity index is 837. The predicted molar refractivity (Wildman–Crippen MR) is 101 cm³/mol. The van der Waals surface area contributed by atoms with Gasteiger partial charge in [0, 0.05) is 22.3 Å². The van der Waals surface area contributed by atoms with Crippen LogP contribution in [0.5, 0.6) is 0 Å². The topological polar surface area (TPSA) is 21.1 Å². The molecule has 3 aromatic rings. The van der Waals surface area contributed by atoms with Crippen molar-refractivity contribution in [3.8, 4) is 10.4 Å². The van der Waals surface area contributed by atoms with Gasteiger partial charge in [-0.25, -0.2) is 0 Å². The number of thiophene rings is 1. The molecule has 0 spiro atoms. The van der Waals surface area contributed by atoms with Crippen molar-refractivity contribution >= 4 is 22.2 Å². The van der Waals surface area contributed by atoms with E-state index < -0.39 is 0 Å². The van der Waals surface area contributed by atoms with Gasteiger partial charge >= 0.3 is 0 Å². The third-order valence-corrected chi connectivity index (χ3v) is 6.98. The van der Waals surface area contributed by atoms with Crippen LogP contribution in [0.25, 0.3) is 21.3 Å². The molecule has 0 aliphatic carbocycles. The molecule has 0 amide bonds. The molecule has 0 saturated carbocycles. The highest BCUT2D eigenvalue weighted by atomic mass is 32.1. The van der Waals surface area contributed by atoms with E-state index in [9.17, 15) is 0 Å². The molecule has 0 N–H and O–H groups in total. The molecule has 1 aromatic carbocycles. The molecule has 2 saturated heterocycles. The first kappa shape index (κ1) is 14.7. The molecule has 0 radical (unpaired) electrons. The van der Waals surface area contributed by atoms with Crippen molar-refractivity contribution in [2.45, 2.75) is 50.2 Å². The number of fused-ring (bicyclic) bond motifs is 3. The fourth-order valence-electron chi connectivity index (χ4n) is 4.71. The summed E-state index contributed by atoms with van der Waals surface area (Å²) in [5.74, 6) is 0. The number of benzene rings is 1. The minimum Gasteiger partial charge on any atom is -0.300 e. The Hall–Kier alpha value is -1.65. The van der Waals surface area contributed by atoms with Gasteiger partial charge in [0.2, 0.25) is 0 Å². The van der Waals surface area contributed by atoms with Crippen LogP contribution >= 0.6 is 11.3 Å². The lowest BCUT2D eigenvalue weighted by Crippen LogP contribution is -2.50. The number of rotatable bonds is 2. The smallest absolute Gasteiger partial charge is 0.0692 e. The molecular formula is C20H23N3S. The van der Waals surface area contributed by atoms with Crippen molar-refractivity contribution in [1.29, 1.82) is 0 Å². The summed E-state index contributed by atoms with van der Waals surface area (Å²) < 4.78 is 2.32. The number of hydrogen-bond acceptors (Lipinski definition) is 3. The van der Waals surface area contributed by atoms with Gasteiger partial charge in [-0.3, -0.25) is 4.68 Å². The molecule has 2 unspecified atom stereocenters. The highest BCUT2D eigenvalue weighted by Crippen LogP contribution is 2.39. The average molecular weight is 337 g/mol. The summed E-state index contributed by atoms with van der Waals surface area (Å²) in [7, 11) is 2.32. The van der Waals surface area contributed by atoms with Crippen LogP contribution in [-0.2, 0) is 0 Å². The first-order valence-corrected chi connectivity index (χ1v) is 9.90. The Kier molecular flexibility index (Phi) is 3.49. The molecule has 5 rings (SSSR count). The molecular weight excluding hydrogens is 314 g/mol. The Morgan fingerprint density at radius 3 is 2.67 bits per heavy atom. The summed E-state index contributed by atoms with van der Waals surface area (Å²) in [5, 5.41) is 8.21. The summed E-state index contributed by atoms with van der Waals surface area (Å²) in [6.07, 6.45) is 8.63. The zero-order valence-electron chi connectivity index (χ0n) is 14.1. The monoisotopic (exact) mass is 337 g/mol. The SMILES string of the molecule is CN1C2CCCC1CC(n1ncc3ccc(-c4cccs4)cc31)C2. The normalized spacial score (nSPS) is 27.6. The van der Waals surface area contributed by atoms with Gasteiger partial charge in [-0.2, -0.15) is 5.10 Å². The van der Waals surface area contributed by atoms with E-state index in [-0.39, 0.29) is 0 Å². The lowest BCUT2D eigenvalue weighted by Gasteiger charge is -2.47. The van der Waals surface area contributed by atoms with Gasteiger partial charge in [-0.15, -0.1) is 11.3 Å². The zero-order chi connectivity index (χ0) is 16.1. The second-order valence-corrected chi connectivity index (χ2v) is 8.32. The molecule has 2 fully saturated rings. The average Bonchev–Trinajstić information content (AvgIpc) is 3.24. The zero-order valence-corrected chi connectivity index (χ0v) is 14.9. The van der Waals surface area contributed by atoms with Gasteiger partial charge in [0.05, 0.1) is 17.8 Å². The molecule has 3 nitrogen and oxygen atoms in total. The van der Waals surface area contributed by atoms with Gasteiger partial charge < -0.3 is 4.90 Å². The number of aromatic nitrogens is 2. The molecule has 24 heavy (non-hydrogen) atoms. The number of hydrogen-bond donors (Lipinski definition) is 0. The fourth-order valence-corrected chi connectivity index (χ4v) is 5.44. The van der Waals surface area contributed by atoms with Crippen LogP contribution in [0.2, 0.25) is 0 Å². The summed E-state index contributed by atoms with van der Waals surface area (Å²) >= 11 is 1.81. The van der Waals surface area contributed by atoms with Gasteiger partial charge in [0.25, 0.3) is 0 Å². The van der Waals surface area contributed by atoms with Crippen LogP contribution in [0.4, 0.5) is 0 Å². The van der Waals surface area contributed by atoms with Crippen molar-refractivity contribution in [2.24, 2.45) is 0 Å². The Morgan fingerprint density at radius 2 is 1.92 bits per heavy atom. The summed E-state index contributed by atoms with van der Waals surface area (Å²) in [6.45, 7) is 0. The summed E-state index contributed by atoms with van der Waals surface area (Å²) in [4.78, 5) is 3.97. The van der Waals surface area contributed by atoms with Crippen LogP contribution in [0, 0.1) is 0 Å². The minimum absolute atomic E-state index is 0.549. The standard InChI is InChI=1S/C20H23N3S/c1-22-16-4-2-5-17(22)12-18(11-16)23-19-10-14(20-6-3-9-24-20)7-8-15(19)13-21-23/h3,6-10,13,16-18H,2,4-5,11-12H2,1H3. The molecule has 124 valence electrons. The molecule has 4 heterocycles. The first-order chi connectivity index (χ1) is 11.8. The lowest BCUT2D eigenvalue weighted by atomic mass is 9.82. The molecule has 2 aliphatic heterocycles. The quantitative estimate of drug-likeness (QED) is 0.659. The largest absolute Gasteiger partial charge is 0.300 e. The van der Waals surface area contributed by atoms with Crippen molar-refractivity contribution in [3.05, 3.63) is 41.9 Å². The second kappa shape index (κ2) is 5.71. The Morgan fingerprint density at radius 1 is 1.08 bits per heavy atom. The number of piperidine rings is 2. The maximum Gasteiger partial charge on any atom is 0.0692 e. The second-order valence-electron chi connectivity index (χ2n) is 7.37. The maximum atomic E-state index is 4.80. The third kappa shape index (κ3) is 2.32. The maximum absolute atomic E-state index is 4.80. The van der Waals surface area contributed by atoms with Gasteiger partial charge in [-0.1, -0.05) is 24.6 Å². The predicted octanol–water partition coefficient (Wildman–Crippen LogP) is 4.95. The van der Waals surface area contributed by atoms with E-state index >= 15 is 0 Å². The molecule has 2 aromatic heterocycles. The van der Waals surface area contributed by atoms with Gasteiger partial charge in [-0.05, 0) is 55.8 Å². The third-order valence-electron chi connectivity index (χ3n) is 6.06. The van der Waals surface area contributed by atoms with Gasteiger partial charge in [0.15, 0.2) is 0 Å². The van der Waals surface area contributed by atoms with Crippen molar-refractivity contribution in [2.75, 3.05) is 7.05 Å². The van der Waals surface area contributed by atoms with E-state index in [1.54, 1.807) is 11.3 Å². The number of nitrogens with zero attached hydrogens (tertiary/aromatic N) is 3. The minimum atomic E-state index is 0.549. The summed E-state index contributed by atoms with van der Waals surface area (Å²) in [5.41, 5.74) is 2.61. The molecule has 4 heteroatoms. The fraction of sp³-hybridized carbons (Fsp3) is 0.450. The molecule has 2 aliphatic rings. The van der Waals surface area contributed by atoms with Gasteiger partial charge in [0.1, 0.15) is 0 Å². The van der Waals surface area contributed by atoms with E-state index in [0.717, 1.165) is 12.1 Å². The molecule has 2 atom stereocenters. The van der Waals surface area contributed by atoms with Crippen LogP contribution in [0.15, 0.2) is 41.9 Å². The van der Waals surface area contributed by atoms with Crippen LogP contribution in [-0.4, -0.2) is 33.8 Å². The van der Waals surface area contributed by atoms with E-state index in [1.807, 2.05) is 6.20 Å². The lowest BCUT2D eigenvalue weighted by molar-refractivity contribution is 0.0381. The van der Waals surface area contributed by atoms with Crippen LogP contribution < -0.4 is 0 Å². The van der Waals surface area contributed by atoms with E-state index in [1.165, 1.54) is 53.4 Å². The highest BCUT2D eigenvalue weighted by molar-refractivity contribution is 7.13. The van der Waals surface area contributed by atoms with E-state index in [0.29, 0.717) is 6.04 Å². The van der Waals surface area contributed by atoms with Crippen molar-refractivity contribution < 1.29 is 0 Å². The Labute approximate surface area is 146 Å².